The number of amides is 1. The van der Waals surface area contributed by atoms with Gasteiger partial charge in [-0.15, -0.1) is 0 Å². The number of hydrogen-bond acceptors (Lipinski definition) is 7. The van der Waals surface area contributed by atoms with Gasteiger partial charge in [-0.1, -0.05) is 45.9 Å². The van der Waals surface area contributed by atoms with E-state index in [2.05, 4.69) is 4.98 Å². The van der Waals surface area contributed by atoms with Crippen LogP contribution in [0.1, 0.15) is 91.6 Å². The number of rotatable bonds is 1. The first-order valence-electron chi connectivity index (χ1n) is 14.7. The number of nitrogens with zero attached hydrogens (tertiary/aromatic N) is 3. The Morgan fingerprint density at radius 3 is 2.49 bits per heavy atom. The number of fused-ring (bicyclic) bond motifs is 1. The van der Waals surface area contributed by atoms with E-state index in [1.807, 2.05) is 84.4 Å². The van der Waals surface area contributed by atoms with Crippen LogP contribution >= 0.6 is 0 Å². The van der Waals surface area contributed by atoms with Gasteiger partial charge in [0, 0.05) is 51.2 Å². The molecular weight excluding hydrogens is 522 g/mol. The minimum atomic E-state index is -0.847. The summed E-state index contributed by atoms with van der Waals surface area (Å²) in [4.78, 5) is 44.8. The molecule has 0 aliphatic carbocycles. The van der Waals surface area contributed by atoms with Gasteiger partial charge in [-0.3, -0.25) is 9.59 Å². The van der Waals surface area contributed by atoms with Crippen molar-refractivity contribution in [3.63, 3.8) is 0 Å². The highest BCUT2D eigenvalue weighted by atomic mass is 16.6. The van der Waals surface area contributed by atoms with Gasteiger partial charge in [0.15, 0.2) is 0 Å². The van der Waals surface area contributed by atoms with E-state index in [0.29, 0.717) is 12.8 Å². The van der Waals surface area contributed by atoms with Crippen molar-refractivity contribution in [2.24, 2.45) is 18.9 Å². The quantitative estimate of drug-likeness (QED) is 0.327. The zero-order valence-corrected chi connectivity index (χ0v) is 26.3. The summed E-state index contributed by atoms with van der Waals surface area (Å²) >= 11 is 0. The van der Waals surface area contributed by atoms with E-state index >= 15 is 0 Å². The van der Waals surface area contributed by atoms with Crippen molar-refractivity contribution in [2.45, 2.75) is 98.9 Å². The average molecular weight is 572 g/mol. The average Bonchev–Trinajstić information content (AvgIpc) is 3.19. The van der Waals surface area contributed by atoms with Crippen molar-refractivity contribution < 1.29 is 29.0 Å². The lowest BCUT2D eigenvalue weighted by atomic mass is 9.92. The number of aromatic nitrogens is 2. The number of hydrogen-bond donors (Lipinski definition) is 1. The second-order valence-electron chi connectivity index (χ2n) is 11.6. The van der Waals surface area contributed by atoms with E-state index < -0.39 is 29.9 Å². The number of Topliss-reactive ketones (excluding diaryl/α,β-unsaturated/α-hetero) is 1. The monoisotopic (exact) mass is 571 g/mol. The standard InChI is InChI=1S/C30H43N3O6.C2H6/c1-19-9-8-15-33(29(37)39-30(4,5)6)16-14-27(22-11-12-24-23(17-22)31-21(3)32(24)7)38-28(36)13-10-20(2)26(35)18-25(19)34;1-2/h8-9,11-12,17,19-20,25,27,34H,10,13-16,18H2,1-7H3;1-2H3/b9-8+;/t19-,20?,25?,27?;/m0./s1. The van der Waals surface area contributed by atoms with E-state index in [4.69, 9.17) is 9.47 Å². The zero-order chi connectivity index (χ0) is 30.9. The van der Waals surface area contributed by atoms with Crippen molar-refractivity contribution in [3.8, 4) is 0 Å². The second kappa shape index (κ2) is 15.1. The number of carbonyl (C=O) groups is 3. The fourth-order valence-electron chi connectivity index (χ4n) is 4.53. The Labute approximate surface area is 244 Å². The van der Waals surface area contributed by atoms with Crippen LogP contribution in [0.5, 0.6) is 0 Å². The Balaban J connectivity index is 0.00000287. The molecule has 2 heterocycles. The molecule has 0 radical (unpaired) electrons. The lowest BCUT2D eigenvalue weighted by Gasteiger charge is -2.28. The molecule has 41 heavy (non-hydrogen) atoms. The molecule has 1 aromatic heterocycles. The summed E-state index contributed by atoms with van der Waals surface area (Å²) in [5.74, 6) is -0.281. The van der Waals surface area contributed by atoms with E-state index in [9.17, 15) is 19.5 Å². The smallest absolute Gasteiger partial charge is 0.410 e. The Kier molecular flexibility index (Phi) is 12.6. The molecule has 0 saturated heterocycles. The predicted molar refractivity (Wildman–Crippen MR) is 160 cm³/mol. The van der Waals surface area contributed by atoms with Crippen molar-refractivity contribution in [2.75, 3.05) is 13.1 Å². The molecule has 9 nitrogen and oxygen atoms in total. The molecule has 2 aromatic rings. The van der Waals surface area contributed by atoms with E-state index in [1.165, 1.54) is 0 Å². The predicted octanol–water partition coefficient (Wildman–Crippen LogP) is 6.06. The van der Waals surface area contributed by atoms with Gasteiger partial charge >= 0.3 is 12.1 Å². The van der Waals surface area contributed by atoms with Crippen LogP contribution in [0.3, 0.4) is 0 Å². The van der Waals surface area contributed by atoms with Crippen LogP contribution in [-0.2, 0) is 26.1 Å². The van der Waals surface area contributed by atoms with Gasteiger partial charge in [0.2, 0.25) is 0 Å². The van der Waals surface area contributed by atoms with Gasteiger partial charge in [-0.25, -0.2) is 9.78 Å². The Morgan fingerprint density at radius 2 is 1.83 bits per heavy atom. The SMILES string of the molecule is CC.Cc1nc2cc(C3CCN(C(=O)OC(C)(C)C)C/C=C/[C@H](C)C(O)CC(=O)C(C)CCC(=O)O3)ccc2n1C. The fraction of sp³-hybridized carbons (Fsp3) is 0.625. The number of aryl methyl sites for hydroxylation is 2. The van der Waals surface area contributed by atoms with Crippen molar-refractivity contribution in [1.82, 2.24) is 14.5 Å². The van der Waals surface area contributed by atoms with Crippen molar-refractivity contribution in [1.29, 1.82) is 0 Å². The van der Waals surface area contributed by atoms with E-state index in [0.717, 1.165) is 22.4 Å². The number of cyclic esters (lactones) is 1. The van der Waals surface area contributed by atoms with Gasteiger partial charge < -0.3 is 24.0 Å². The number of imidazole rings is 1. The minimum absolute atomic E-state index is 0.00360. The Bertz CT molecular complexity index is 1210. The van der Waals surface area contributed by atoms with E-state index in [1.54, 1.807) is 17.9 Å². The van der Waals surface area contributed by atoms with Gasteiger partial charge in [-0.2, -0.15) is 0 Å². The summed E-state index contributed by atoms with van der Waals surface area (Å²) in [6, 6.07) is 5.80. The second-order valence-corrected chi connectivity index (χ2v) is 11.6. The van der Waals surface area contributed by atoms with Crippen LogP contribution in [0.4, 0.5) is 4.79 Å². The third-order valence-corrected chi connectivity index (χ3v) is 7.20. The lowest BCUT2D eigenvalue weighted by Crippen LogP contribution is -2.38. The highest BCUT2D eigenvalue weighted by Gasteiger charge is 2.26. The van der Waals surface area contributed by atoms with Gasteiger partial charge in [0.1, 0.15) is 23.3 Å². The number of ketones is 1. The van der Waals surface area contributed by atoms with E-state index in [-0.39, 0.29) is 43.6 Å². The molecule has 4 atom stereocenters. The normalized spacial score (nSPS) is 24.3. The molecule has 1 aliphatic rings. The Hall–Kier alpha value is -3.20. The first-order chi connectivity index (χ1) is 19.2. The maximum atomic E-state index is 13.1. The highest BCUT2D eigenvalue weighted by molar-refractivity contribution is 5.82. The maximum Gasteiger partial charge on any atom is 0.410 e. The summed E-state index contributed by atoms with van der Waals surface area (Å²) in [5, 5.41) is 10.5. The number of esters is 1. The molecule has 0 bridgehead atoms. The molecule has 3 unspecified atom stereocenters. The summed E-state index contributed by atoms with van der Waals surface area (Å²) in [7, 11) is 1.95. The molecule has 0 saturated carbocycles. The zero-order valence-electron chi connectivity index (χ0n) is 26.3. The van der Waals surface area contributed by atoms with Crippen LogP contribution in [0.25, 0.3) is 11.0 Å². The van der Waals surface area contributed by atoms with Gasteiger partial charge in [-0.05, 0) is 51.8 Å². The lowest BCUT2D eigenvalue weighted by molar-refractivity contribution is -0.150. The van der Waals surface area contributed by atoms with Gasteiger partial charge in [0.05, 0.1) is 17.1 Å². The largest absolute Gasteiger partial charge is 0.457 e. The topological polar surface area (TPSA) is 111 Å². The molecule has 3 rings (SSSR count). The summed E-state index contributed by atoms with van der Waals surface area (Å²) in [5.41, 5.74) is 1.88. The van der Waals surface area contributed by atoms with Crippen molar-refractivity contribution in [3.05, 3.63) is 41.7 Å². The maximum absolute atomic E-state index is 13.1. The van der Waals surface area contributed by atoms with Gasteiger partial charge in [0.25, 0.3) is 0 Å². The molecule has 1 N–H and O–H groups in total. The molecular formula is C32H49N3O6. The molecule has 1 amide bonds. The van der Waals surface area contributed by atoms with Crippen molar-refractivity contribution >= 4 is 28.9 Å². The van der Waals surface area contributed by atoms with Crippen LogP contribution in [-0.4, -0.2) is 62.2 Å². The molecule has 0 spiro atoms. The first-order valence-corrected chi connectivity index (χ1v) is 14.7. The number of benzene rings is 1. The summed E-state index contributed by atoms with van der Waals surface area (Å²) < 4.78 is 13.6. The number of aliphatic hydroxyl groups excluding tert-OH is 1. The third-order valence-electron chi connectivity index (χ3n) is 7.20. The Morgan fingerprint density at radius 1 is 1.15 bits per heavy atom. The minimum Gasteiger partial charge on any atom is -0.457 e. The van der Waals surface area contributed by atoms with Crippen LogP contribution in [0.15, 0.2) is 30.4 Å². The molecule has 228 valence electrons. The van der Waals surface area contributed by atoms with Crippen LogP contribution < -0.4 is 0 Å². The highest BCUT2D eigenvalue weighted by Crippen LogP contribution is 2.28. The molecule has 0 fully saturated rings. The molecule has 9 heteroatoms. The first kappa shape index (κ1) is 34.0. The number of carbonyl (C=O) groups excluding carboxylic acids is 3. The molecule has 1 aliphatic heterocycles. The fourth-order valence-corrected chi connectivity index (χ4v) is 4.53. The summed E-state index contributed by atoms with van der Waals surface area (Å²) in [6.07, 6.45) is 2.46. The molecule has 1 aromatic carbocycles. The number of ether oxygens (including phenoxy) is 2. The van der Waals surface area contributed by atoms with Crippen LogP contribution in [0, 0.1) is 18.8 Å². The number of aliphatic hydroxyl groups is 1. The summed E-state index contributed by atoms with van der Waals surface area (Å²) in [6.45, 7) is 15.5. The van der Waals surface area contributed by atoms with Crippen LogP contribution in [0.2, 0.25) is 0 Å². The third kappa shape index (κ3) is 9.99.